The van der Waals surface area contributed by atoms with Gasteiger partial charge < -0.3 is 5.11 Å². The molecule has 0 aliphatic heterocycles. The predicted molar refractivity (Wildman–Crippen MR) is 67.4 cm³/mol. The van der Waals surface area contributed by atoms with Gasteiger partial charge in [0.2, 0.25) is 0 Å². The summed E-state index contributed by atoms with van der Waals surface area (Å²) in [5.74, 6) is -0.122. The van der Waals surface area contributed by atoms with Crippen molar-refractivity contribution in [1.29, 1.82) is 0 Å². The van der Waals surface area contributed by atoms with Gasteiger partial charge in [0.25, 0.3) is 0 Å². The van der Waals surface area contributed by atoms with E-state index in [9.17, 15) is 9.90 Å². The van der Waals surface area contributed by atoms with Crippen molar-refractivity contribution in [2.24, 2.45) is 0 Å². The maximum atomic E-state index is 12.1. The summed E-state index contributed by atoms with van der Waals surface area (Å²) in [6.45, 7) is 2.07. The average molecular weight is 226 g/mol. The molecule has 2 aromatic rings. The van der Waals surface area contributed by atoms with E-state index in [2.05, 4.69) is 6.92 Å². The van der Waals surface area contributed by atoms with Crippen LogP contribution in [0.5, 0.6) is 5.75 Å². The number of aromatic hydroxyl groups is 1. The monoisotopic (exact) mass is 226 g/mol. The van der Waals surface area contributed by atoms with Gasteiger partial charge in [0.05, 0.1) is 5.56 Å². The van der Waals surface area contributed by atoms with Gasteiger partial charge in [0.15, 0.2) is 5.78 Å². The molecule has 1 N–H and O–H groups in total. The molecular weight excluding hydrogens is 212 g/mol. The van der Waals surface area contributed by atoms with Gasteiger partial charge in [-0.25, -0.2) is 0 Å². The molecule has 0 spiro atoms. The van der Waals surface area contributed by atoms with Crippen LogP contribution in [0, 0.1) is 0 Å². The summed E-state index contributed by atoms with van der Waals surface area (Å²) in [5.41, 5.74) is 2.14. The van der Waals surface area contributed by atoms with Crippen molar-refractivity contribution in [3.63, 3.8) is 0 Å². The van der Waals surface area contributed by atoms with Gasteiger partial charge in [-0.2, -0.15) is 0 Å². The summed E-state index contributed by atoms with van der Waals surface area (Å²) >= 11 is 0. The second kappa shape index (κ2) is 4.83. The molecule has 0 radical (unpaired) electrons. The van der Waals surface area contributed by atoms with Crippen LogP contribution in [0.4, 0.5) is 0 Å². The van der Waals surface area contributed by atoms with E-state index in [0.29, 0.717) is 11.1 Å². The fraction of sp³-hybridized carbons (Fsp3) is 0.133. The van der Waals surface area contributed by atoms with Crippen molar-refractivity contribution in [3.05, 3.63) is 65.2 Å². The van der Waals surface area contributed by atoms with Crippen LogP contribution >= 0.6 is 0 Å². The first kappa shape index (κ1) is 11.4. The Kier molecular flexibility index (Phi) is 3.24. The lowest BCUT2D eigenvalue weighted by Crippen LogP contribution is -2.01. The highest BCUT2D eigenvalue weighted by Crippen LogP contribution is 2.20. The van der Waals surface area contributed by atoms with Gasteiger partial charge >= 0.3 is 0 Å². The Bertz CT molecular complexity index is 527. The Morgan fingerprint density at radius 3 is 2.29 bits per heavy atom. The molecule has 0 unspecified atom stereocenters. The van der Waals surface area contributed by atoms with E-state index in [1.807, 2.05) is 12.1 Å². The number of hydrogen-bond donors (Lipinski definition) is 1. The molecule has 2 nitrogen and oxygen atoms in total. The lowest BCUT2D eigenvalue weighted by Gasteiger charge is -2.04. The summed E-state index contributed by atoms with van der Waals surface area (Å²) in [7, 11) is 0. The number of rotatable bonds is 3. The first-order chi connectivity index (χ1) is 8.22. The number of carbonyl (C=O) groups is 1. The van der Waals surface area contributed by atoms with Crippen molar-refractivity contribution in [3.8, 4) is 5.75 Å². The fourth-order valence-electron chi connectivity index (χ4n) is 1.71. The largest absolute Gasteiger partial charge is 0.507 e. The SMILES string of the molecule is CCc1ccc(C(=O)c2ccccc2O)cc1. The highest BCUT2D eigenvalue weighted by molar-refractivity contribution is 6.10. The van der Waals surface area contributed by atoms with E-state index in [0.717, 1.165) is 6.42 Å². The molecule has 0 heterocycles. The molecule has 0 aromatic heterocycles. The van der Waals surface area contributed by atoms with E-state index in [4.69, 9.17) is 0 Å². The molecule has 2 rings (SSSR count). The molecule has 0 bridgehead atoms. The van der Waals surface area contributed by atoms with Gasteiger partial charge in [0.1, 0.15) is 5.75 Å². The Hall–Kier alpha value is -2.09. The summed E-state index contributed by atoms with van der Waals surface area (Å²) in [6, 6.07) is 14.1. The van der Waals surface area contributed by atoms with Crippen LogP contribution in [0.1, 0.15) is 28.4 Å². The molecular formula is C15H14O2. The minimum atomic E-state index is -0.147. The molecule has 0 saturated heterocycles. The predicted octanol–water partition coefficient (Wildman–Crippen LogP) is 3.19. The molecule has 86 valence electrons. The quantitative estimate of drug-likeness (QED) is 0.816. The molecule has 0 aliphatic rings. The lowest BCUT2D eigenvalue weighted by molar-refractivity contribution is 0.103. The van der Waals surface area contributed by atoms with Crippen LogP contribution in [0.3, 0.4) is 0 Å². The van der Waals surface area contributed by atoms with E-state index >= 15 is 0 Å². The number of benzene rings is 2. The molecule has 2 heteroatoms. The smallest absolute Gasteiger partial charge is 0.196 e. The average Bonchev–Trinajstić information content (AvgIpc) is 2.39. The van der Waals surface area contributed by atoms with Crippen molar-refractivity contribution >= 4 is 5.78 Å². The standard InChI is InChI=1S/C15H14O2/c1-2-11-7-9-12(10-8-11)15(17)13-5-3-4-6-14(13)16/h3-10,16H,2H2,1H3. The molecule has 0 atom stereocenters. The van der Waals surface area contributed by atoms with Crippen molar-refractivity contribution < 1.29 is 9.90 Å². The molecule has 0 saturated carbocycles. The number of aryl methyl sites for hydroxylation is 1. The number of carbonyl (C=O) groups excluding carboxylic acids is 1. The van der Waals surface area contributed by atoms with Crippen LogP contribution in [0.25, 0.3) is 0 Å². The summed E-state index contributed by atoms with van der Waals surface area (Å²) in [6.07, 6.45) is 0.949. The van der Waals surface area contributed by atoms with E-state index in [1.54, 1.807) is 30.3 Å². The number of phenols is 1. The van der Waals surface area contributed by atoms with Gasteiger partial charge in [-0.3, -0.25) is 4.79 Å². The Labute approximate surface area is 101 Å². The van der Waals surface area contributed by atoms with E-state index in [-0.39, 0.29) is 11.5 Å². The van der Waals surface area contributed by atoms with Crippen LogP contribution in [0.15, 0.2) is 48.5 Å². The number of phenolic OH excluding ortho intramolecular Hbond substituents is 1. The van der Waals surface area contributed by atoms with Crippen LogP contribution in [-0.4, -0.2) is 10.9 Å². The Morgan fingerprint density at radius 1 is 1.06 bits per heavy atom. The zero-order valence-corrected chi connectivity index (χ0v) is 9.68. The van der Waals surface area contributed by atoms with Crippen LogP contribution < -0.4 is 0 Å². The number of hydrogen-bond acceptors (Lipinski definition) is 2. The maximum Gasteiger partial charge on any atom is 0.196 e. The third-order valence-corrected chi connectivity index (χ3v) is 2.77. The third-order valence-electron chi connectivity index (χ3n) is 2.77. The number of para-hydroxylation sites is 1. The van der Waals surface area contributed by atoms with Gasteiger partial charge in [0, 0.05) is 5.56 Å². The van der Waals surface area contributed by atoms with Crippen molar-refractivity contribution in [2.45, 2.75) is 13.3 Å². The second-order valence-corrected chi connectivity index (χ2v) is 3.90. The molecule has 0 aliphatic carbocycles. The van der Waals surface area contributed by atoms with E-state index < -0.39 is 0 Å². The van der Waals surface area contributed by atoms with E-state index in [1.165, 1.54) is 11.6 Å². The lowest BCUT2D eigenvalue weighted by atomic mass is 10.0. The van der Waals surface area contributed by atoms with Gasteiger partial charge in [-0.05, 0) is 24.1 Å². The topological polar surface area (TPSA) is 37.3 Å². The Balaban J connectivity index is 2.34. The zero-order valence-electron chi connectivity index (χ0n) is 9.68. The highest BCUT2D eigenvalue weighted by Gasteiger charge is 2.12. The van der Waals surface area contributed by atoms with Crippen molar-refractivity contribution in [2.75, 3.05) is 0 Å². The first-order valence-electron chi connectivity index (χ1n) is 5.64. The minimum Gasteiger partial charge on any atom is -0.507 e. The van der Waals surface area contributed by atoms with Crippen molar-refractivity contribution in [1.82, 2.24) is 0 Å². The fourth-order valence-corrected chi connectivity index (χ4v) is 1.71. The normalized spacial score (nSPS) is 10.2. The summed E-state index contributed by atoms with van der Waals surface area (Å²) in [5, 5.41) is 9.62. The maximum absolute atomic E-state index is 12.1. The molecule has 0 fully saturated rings. The van der Waals surface area contributed by atoms with Gasteiger partial charge in [-0.1, -0.05) is 43.3 Å². The number of ketones is 1. The summed E-state index contributed by atoms with van der Waals surface area (Å²) in [4.78, 5) is 12.1. The summed E-state index contributed by atoms with van der Waals surface area (Å²) < 4.78 is 0. The molecule has 0 amide bonds. The first-order valence-corrected chi connectivity index (χ1v) is 5.64. The highest BCUT2D eigenvalue weighted by atomic mass is 16.3. The second-order valence-electron chi connectivity index (χ2n) is 3.90. The zero-order chi connectivity index (χ0) is 12.3. The Morgan fingerprint density at radius 2 is 1.71 bits per heavy atom. The third kappa shape index (κ3) is 2.36. The minimum absolute atomic E-state index is 0.0251. The molecule has 2 aromatic carbocycles. The van der Waals surface area contributed by atoms with Crippen LogP contribution in [0.2, 0.25) is 0 Å². The van der Waals surface area contributed by atoms with Crippen LogP contribution in [-0.2, 0) is 6.42 Å². The van der Waals surface area contributed by atoms with Gasteiger partial charge in [-0.15, -0.1) is 0 Å². The molecule has 17 heavy (non-hydrogen) atoms.